The number of ether oxygens (including phenoxy) is 4. The Balaban J connectivity index is 3.42. The number of likely N-dealkylation sites (N-methyl/N-ethyl adjacent to an activating group) is 4. The third-order valence-electron chi connectivity index (χ3n) is 8.52. The molecule has 0 aromatic heterocycles. The maximum absolute atomic E-state index is 13.5. The third-order valence-corrected chi connectivity index (χ3v) is 8.52. The molecule has 1 aliphatic rings. The molecule has 0 aromatic carbocycles. The number of carbonyl (C=O) groups excluding carboxylic acids is 6. The van der Waals surface area contributed by atoms with Crippen LogP contribution >= 0.6 is 0 Å². The molecular formula is C34H60N4O10. The van der Waals surface area contributed by atoms with E-state index in [1.807, 2.05) is 27.7 Å². The monoisotopic (exact) mass is 684 g/mol. The molecule has 0 N–H and O–H groups in total. The molecule has 1 saturated heterocycles. The highest BCUT2D eigenvalue weighted by molar-refractivity contribution is 5.89. The van der Waals surface area contributed by atoms with Gasteiger partial charge in [-0.05, 0) is 65.5 Å². The van der Waals surface area contributed by atoms with Crippen molar-refractivity contribution in [2.24, 2.45) is 11.8 Å². The fourth-order valence-electron chi connectivity index (χ4n) is 5.66. The van der Waals surface area contributed by atoms with Crippen molar-refractivity contribution >= 4 is 35.7 Å². The zero-order valence-electron chi connectivity index (χ0n) is 31.1. The SMILES string of the molecule is CCC1C(=O)OCC(=O)N(C)C(CC)C(=O)OC(C)CN(C)C(CC(C)C)C(=O)OC(C)C(=O)N(C)C(CC(C)C)C(=O)OCCN1C. The van der Waals surface area contributed by atoms with Crippen molar-refractivity contribution in [3.8, 4) is 0 Å². The maximum atomic E-state index is 13.5. The Labute approximate surface area is 286 Å². The number of cyclic esters (lactones) is 4. The van der Waals surface area contributed by atoms with E-state index in [-0.39, 0.29) is 38.0 Å². The van der Waals surface area contributed by atoms with E-state index in [2.05, 4.69) is 0 Å². The standard InChI is InChI=1S/C34H60N4O10/c1-13-25-31(41)46-20-29(39)37(11)26(14-2)33(43)47-23(7)19-36(10)27(17-21(3)4)34(44)48-24(8)30(40)38(12)28(18-22(5)6)32(42)45-16-15-35(25)9/h21-28H,13-20H2,1-12H3. The molecule has 0 radical (unpaired) electrons. The van der Waals surface area contributed by atoms with Crippen LogP contribution in [0.5, 0.6) is 0 Å². The van der Waals surface area contributed by atoms with Crippen LogP contribution in [-0.4, -0.2) is 146 Å². The van der Waals surface area contributed by atoms with Crippen molar-refractivity contribution in [3.63, 3.8) is 0 Å². The van der Waals surface area contributed by atoms with Crippen LogP contribution in [0, 0.1) is 11.8 Å². The van der Waals surface area contributed by atoms with E-state index in [0.717, 1.165) is 0 Å². The Bertz CT molecular complexity index is 1100. The number of esters is 4. The number of rotatable bonds is 6. The van der Waals surface area contributed by atoms with Crippen molar-refractivity contribution in [1.82, 2.24) is 19.6 Å². The Morgan fingerprint density at radius 1 is 0.646 bits per heavy atom. The minimum Gasteiger partial charge on any atom is -0.463 e. The van der Waals surface area contributed by atoms with Crippen molar-refractivity contribution in [3.05, 3.63) is 0 Å². The van der Waals surface area contributed by atoms with Crippen LogP contribution in [0.1, 0.15) is 81.1 Å². The minimum atomic E-state index is -1.19. The van der Waals surface area contributed by atoms with Gasteiger partial charge in [-0.25, -0.2) is 9.59 Å². The second-order valence-electron chi connectivity index (χ2n) is 13.6. The van der Waals surface area contributed by atoms with Gasteiger partial charge in [0.25, 0.3) is 11.8 Å². The number of hydrogen-bond donors (Lipinski definition) is 0. The minimum absolute atomic E-state index is 0.0407. The molecule has 0 spiro atoms. The first kappa shape index (κ1) is 42.8. The van der Waals surface area contributed by atoms with Gasteiger partial charge in [-0.15, -0.1) is 0 Å². The van der Waals surface area contributed by atoms with Gasteiger partial charge in [-0.3, -0.25) is 29.0 Å². The Kier molecular flexibility index (Phi) is 18.1. The van der Waals surface area contributed by atoms with Gasteiger partial charge in [-0.1, -0.05) is 41.5 Å². The quantitative estimate of drug-likeness (QED) is 0.298. The summed E-state index contributed by atoms with van der Waals surface area (Å²) in [6.45, 7) is 14.1. The maximum Gasteiger partial charge on any atom is 0.329 e. The zero-order chi connectivity index (χ0) is 36.9. The average molecular weight is 685 g/mol. The molecular weight excluding hydrogens is 624 g/mol. The Morgan fingerprint density at radius 2 is 1.17 bits per heavy atom. The molecule has 14 nitrogen and oxygen atoms in total. The molecule has 1 fully saturated rings. The number of amides is 2. The number of nitrogens with zero attached hydrogens (tertiary/aromatic N) is 4. The molecule has 48 heavy (non-hydrogen) atoms. The molecule has 6 unspecified atom stereocenters. The van der Waals surface area contributed by atoms with Gasteiger partial charge in [0.05, 0.1) is 0 Å². The molecule has 2 amide bonds. The van der Waals surface area contributed by atoms with Gasteiger partial charge in [0.1, 0.15) is 36.9 Å². The van der Waals surface area contributed by atoms with Crippen LogP contribution in [0.4, 0.5) is 0 Å². The summed E-state index contributed by atoms with van der Waals surface area (Å²) in [5, 5.41) is 0. The summed E-state index contributed by atoms with van der Waals surface area (Å²) in [4.78, 5) is 85.2. The summed E-state index contributed by atoms with van der Waals surface area (Å²) in [6, 6.07) is -3.32. The molecule has 0 bridgehead atoms. The lowest BCUT2D eigenvalue weighted by atomic mass is 10.0. The summed E-state index contributed by atoms with van der Waals surface area (Å²) < 4.78 is 22.3. The molecule has 1 aliphatic heterocycles. The van der Waals surface area contributed by atoms with Gasteiger partial charge in [-0.2, -0.15) is 0 Å². The number of hydrogen-bond acceptors (Lipinski definition) is 12. The molecule has 1 rings (SSSR count). The average Bonchev–Trinajstić information content (AvgIpc) is 3.00. The smallest absolute Gasteiger partial charge is 0.329 e. The summed E-state index contributed by atoms with van der Waals surface area (Å²) in [5.41, 5.74) is 0. The van der Waals surface area contributed by atoms with Crippen LogP contribution in [-0.2, 0) is 47.7 Å². The van der Waals surface area contributed by atoms with Crippen molar-refractivity contribution in [2.75, 3.05) is 54.5 Å². The first-order valence-corrected chi connectivity index (χ1v) is 17.0. The van der Waals surface area contributed by atoms with E-state index in [1.165, 1.54) is 30.8 Å². The zero-order valence-corrected chi connectivity index (χ0v) is 31.1. The molecule has 0 saturated carbocycles. The highest BCUT2D eigenvalue weighted by Crippen LogP contribution is 2.18. The second-order valence-corrected chi connectivity index (χ2v) is 13.6. The highest BCUT2D eigenvalue weighted by Gasteiger charge is 2.36. The van der Waals surface area contributed by atoms with Gasteiger partial charge in [0.2, 0.25) is 0 Å². The van der Waals surface area contributed by atoms with Gasteiger partial charge in [0.15, 0.2) is 12.7 Å². The van der Waals surface area contributed by atoms with Crippen LogP contribution in [0.25, 0.3) is 0 Å². The third kappa shape index (κ3) is 13.0. The van der Waals surface area contributed by atoms with Crippen LogP contribution in [0.3, 0.4) is 0 Å². The highest BCUT2D eigenvalue weighted by atomic mass is 16.6. The van der Waals surface area contributed by atoms with Gasteiger partial charge in [0, 0.05) is 27.2 Å². The first-order chi connectivity index (χ1) is 22.4. The van der Waals surface area contributed by atoms with Crippen LogP contribution < -0.4 is 0 Å². The fourth-order valence-corrected chi connectivity index (χ4v) is 5.66. The summed E-state index contributed by atoms with van der Waals surface area (Å²) >= 11 is 0. The van der Waals surface area contributed by atoms with E-state index in [1.54, 1.807) is 44.7 Å². The predicted octanol–water partition coefficient (Wildman–Crippen LogP) is 2.12. The topological polar surface area (TPSA) is 152 Å². The van der Waals surface area contributed by atoms with Gasteiger partial charge < -0.3 is 28.7 Å². The molecule has 0 aliphatic carbocycles. The van der Waals surface area contributed by atoms with Gasteiger partial charge >= 0.3 is 23.9 Å². The summed E-state index contributed by atoms with van der Waals surface area (Å²) in [5.74, 6) is -3.47. The van der Waals surface area contributed by atoms with E-state index in [0.29, 0.717) is 19.3 Å². The second kappa shape index (κ2) is 20.3. The fraction of sp³-hybridized carbons (Fsp3) is 0.824. The molecule has 1 heterocycles. The Morgan fingerprint density at radius 3 is 1.71 bits per heavy atom. The largest absolute Gasteiger partial charge is 0.463 e. The van der Waals surface area contributed by atoms with Crippen molar-refractivity contribution in [1.29, 1.82) is 0 Å². The van der Waals surface area contributed by atoms with Crippen molar-refractivity contribution in [2.45, 2.75) is 117 Å². The molecule has 14 heteroatoms. The summed E-state index contributed by atoms with van der Waals surface area (Å²) in [7, 11) is 6.31. The van der Waals surface area contributed by atoms with Crippen molar-refractivity contribution < 1.29 is 47.7 Å². The summed E-state index contributed by atoms with van der Waals surface area (Å²) in [6.07, 6.45) is -0.494. The normalized spacial score (nSPS) is 28.2. The van der Waals surface area contributed by atoms with E-state index in [4.69, 9.17) is 18.9 Å². The molecule has 0 aromatic rings. The van der Waals surface area contributed by atoms with Crippen LogP contribution in [0.15, 0.2) is 0 Å². The Hall–Kier alpha value is -3.26. The lowest BCUT2D eigenvalue weighted by Gasteiger charge is -2.33. The lowest BCUT2D eigenvalue weighted by Crippen LogP contribution is -2.51. The van der Waals surface area contributed by atoms with E-state index < -0.39 is 78.7 Å². The lowest BCUT2D eigenvalue weighted by molar-refractivity contribution is -0.168. The van der Waals surface area contributed by atoms with E-state index in [9.17, 15) is 28.8 Å². The molecule has 276 valence electrons. The molecule has 6 atom stereocenters. The predicted molar refractivity (Wildman–Crippen MR) is 178 cm³/mol. The van der Waals surface area contributed by atoms with Crippen LogP contribution in [0.2, 0.25) is 0 Å². The number of carbonyl (C=O) groups is 6. The van der Waals surface area contributed by atoms with E-state index >= 15 is 0 Å². The first-order valence-electron chi connectivity index (χ1n) is 17.0.